The number of hydrogen-bond donors (Lipinski definition) is 0. The Bertz CT molecular complexity index is 734. The van der Waals surface area contributed by atoms with E-state index < -0.39 is 6.10 Å². The summed E-state index contributed by atoms with van der Waals surface area (Å²) in [6, 6.07) is 17.2. The number of amides is 1. The minimum atomic E-state index is -0.413. The molecule has 2 aromatic rings. The zero-order chi connectivity index (χ0) is 16.6. The standard InChI is InChI=1S/C18H16ClNO2SSe/c19-13-7-9-15(10-8-13)22-16-17(21)20(14-5-2-1-3-6-14)18(16)23-11-4-12-24-18/h1-3,5-10,16H,4,11-12H2/t16-,18-/m1/s1. The Labute approximate surface area is 156 Å². The van der Waals surface area contributed by atoms with Crippen LogP contribution in [0.1, 0.15) is 6.42 Å². The maximum atomic E-state index is 12.9. The van der Waals surface area contributed by atoms with Crippen molar-refractivity contribution in [2.75, 3.05) is 10.7 Å². The molecule has 3 nitrogen and oxygen atoms in total. The molecule has 2 fully saturated rings. The second kappa shape index (κ2) is 6.64. The van der Waals surface area contributed by atoms with E-state index in [1.165, 1.54) is 11.7 Å². The number of thioether (sulfide) groups is 1. The number of halogens is 1. The molecule has 1 amide bonds. The van der Waals surface area contributed by atoms with Gasteiger partial charge >= 0.3 is 157 Å². The summed E-state index contributed by atoms with van der Waals surface area (Å²) in [4.78, 5) is 14.8. The van der Waals surface area contributed by atoms with Gasteiger partial charge in [-0.25, -0.2) is 0 Å². The Hall–Kier alpha value is -1.13. The molecule has 6 heteroatoms. The van der Waals surface area contributed by atoms with Gasteiger partial charge in [0.2, 0.25) is 0 Å². The number of anilines is 1. The predicted molar refractivity (Wildman–Crippen MR) is 100 cm³/mol. The molecule has 2 aromatic carbocycles. The van der Waals surface area contributed by atoms with Crippen LogP contribution in [0.4, 0.5) is 5.69 Å². The quantitative estimate of drug-likeness (QED) is 0.550. The molecule has 0 aliphatic carbocycles. The molecule has 0 saturated carbocycles. The molecule has 24 heavy (non-hydrogen) atoms. The molecule has 0 N–H and O–H groups in total. The van der Waals surface area contributed by atoms with E-state index in [9.17, 15) is 4.79 Å². The van der Waals surface area contributed by atoms with E-state index in [2.05, 4.69) is 0 Å². The summed E-state index contributed by atoms with van der Waals surface area (Å²) in [5.74, 6) is 1.82. The molecule has 0 unspecified atom stereocenters. The Morgan fingerprint density at radius 3 is 2.58 bits per heavy atom. The van der Waals surface area contributed by atoms with Gasteiger partial charge in [0.15, 0.2) is 0 Å². The summed E-state index contributed by atoms with van der Waals surface area (Å²) in [7, 11) is 0. The third kappa shape index (κ3) is 2.74. The number of para-hydroxylation sites is 1. The molecular weight excluding hydrogens is 409 g/mol. The minimum absolute atomic E-state index is 0.0485. The molecular formula is C18H16ClNO2SSe. The van der Waals surface area contributed by atoms with Gasteiger partial charge in [-0.3, -0.25) is 0 Å². The number of β-lactam (4-membered cyclic amide) rings is 1. The van der Waals surface area contributed by atoms with Crippen LogP contribution < -0.4 is 9.64 Å². The van der Waals surface area contributed by atoms with Gasteiger partial charge in [0.05, 0.1) is 0 Å². The van der Waals surface area contributed by atoms with Gasteiger partial charge in [0, 0.05) is 0 Å². The Kier molecular flexibility index (Phi) is 4.52. The molecule has 1 spiro atoms. The average molecular weight is 425 g/mol. The molecule has 4 rings (SSSR count). The van der Waals surface area contributed by atoms with E-state index in [4.69, 9.17) is 16.3 Å². The number of nitrogens with zero attached hydrogens (tertiary/aromatic N) is 1. The van der Waals surface area contributed by atoms with Gasteiger partial charge in [-0.2, -0.15) is 0 Å². The molecule has 2 atom stereocenters. The summed E-state index contributed by atoms with van der Waals surface area (Å²) in [6.07, 6.45) is 0.806. The molecule has 2 heterocycles. The van der Waals surface area contributed by atoms with Gasteiger partial charge in [-0.05, 0) is 0 Å². The van der Waals surface area contributed by atoms with E-state index in [0.717, 1.165) is 11.4 Å². The summed E-state index contributed by atoms with van der Waals surface area (Å²) in [6.45, 7) is 0. The first kappa shape index (κ1) is 16.3. The van der Waals surface area contributed by atoms with Crippen molar-refractivity contribution >= 4 is 49.9 Å². The van der Waals surface area contributed by atoms with Crippen molar-refractivity contribution in [2.45, 2.75) is 21.6 Å². The average Bonchev–Trinajstić information content (AvgIpc) is 2.63. The predicted octanol–water partition coefficient (Wildman–Crippen LogP) is 4.05. The second-order valence-electron chi connectivity index (χ2n) is 5.64. The first-order chi connectivity index (χ1) is 11.7. The molecule has 0 radical (unpaired) electrons. The first-order valence-corrected chi connectivity index (χ1v) is 11.2. The van der Waals surface area contributed by atoms with Crippen LogP contribution in [0.2, 0.25) is 10.3 Å². The fourth-order valence-corrected chi connectivity index (χ4v) is 8.79. The van der Waals surface area contributed by atoms with Crippen molar-refractivity contribution in [2.24, 2.45) is 0 Å². The van der Waals surface area contributed by atoms with E-state index in [-0.39, 0.29) is 9.68 Å². The van der Waals surface area contributed by atoms with Crippen LogP contribution in [0, 0.1) is 0 Å². The number of carbonyl (C=O) groups excluding carboxylic acids is 1. The monoisotopic (exact) mass is 425 g/mol. The van der Waals surface area contributed by atoms with Crippen molar-refractivity contribution in [3.05, 3.63) is 59.6 Å². The van der Waals surface area contributed by atoms with Crippen LogP contribution in [0.25, 0.3) is 0 Å². The summed E-state index contributed by atoms with van der Waals surface area (Å²) in [5, 5.41) is 1.84. The zero-order valence-electron chi connectivity index (χ0n) is 12.9. The normalized spacial score (nSPS) is 26.3. The van der Waals surface area contributed by atoms with E-state index >= 15 is 0 Å². The maximum absolute atomic E-state index is 12.9. The molecule has 0 bridgehead atoms. The Morgan fingerprint density at radius 2 is 1.92 bits per heavy atom. The molecule has 2 saturated heterocycles. The van der Waals surface area contributed by atoms with Crippen LogP contribution in [-0.2, 0) is 4.79 Å². The van der Waals surface area contributed by atoms with Crippen LogP contribution in [0.5, 0.6) is 5.75 Å². The van der Waals surface area contributed by atoms with Crippen LogP contribution in [0.3, 0.4) is 0 Å². The van der Waals surface area contributed by atoms with E-state index in [1.807, 2.05) is 59.1 Å². The van der Waals surface area contributed by atoms with Crippen LogP contribution in [-0.4, -0.2) is 36.5 Å². The van der Waals surface area contributed by atoms with Crippen molar-refractivity contribution in [3.63, 3.8) is 0 Å². The van der Waals surface area contributed by atoms with Gasteiger partial charge in [0.1, 0.15) is 0 Å². The van der Waals surface area contributed by atoms with Gasteiger partial charge in [-0.15, -0.1) is 0 Å². The van der Waals surface area contributed by atoms with Crippen molar-refractivity contribution in [3.8, 4) is 5.75 Å². The zero-order valence-corrected chi connectivity index (χ0v) is 16.1. The Balaban J connectivity index is 1.64. The topological polar surface area (TPSA) is 29.5 Å². The Morgan fingerprint density at radius 1 is 1.17 bits per heavy atom. The van der Waals surface area contributed by atoms with E-state index in [1.54, 1.807) is 12.1 Å². The molecule has 0 aromatic heterocycles. The van der Waals surface area contributed by atoms with Crippen molar-refractivity contribution < 1.29 is 9.53 Å². The van der Waals surface area contributed by atoms with E-state index in [0.29, 0.717) is 25.7 Å². The number of ether oxygens (including phenoxy) is 1. The number of rotatable bonds is 3. The summed E-state index contributed by atoms with van der Waals surface area (Å²) < 4.78 is 5.87. The van der Waals surface area contributed by atoms with Crippen molar-refractivity contribution in [1.29, 1.82) is 0 Å². The molecule has 2 aliphatic heterocycles. The SMILES string of the molecule is O=C1[C@@H](Oc2ccc(Cl)cc2)[C@]2(SCCC[Se]2)N1c1ccccc1. The summed E-state index contributed by atoms with van der Waals surface area (Å²) >= 11 is 8.13. The third-order valence-corrected chi connectivity index (χ3v) is 9.72. The fourth-order valence-electron chi connectivity index (χ4n) is 2.95. The van der Waals surface area contributed by atoms with Gasteiger partial charge < -0.3 is 0 Å². The fraction of sp³-hybridized carbons (Fsp3) is 0.278. The summed E-state index contributed by atoms with van der Waals surface area (Å²) in [5.41, 5.74) is 0.967. The van der Waals surface area contributed by atoms with Crippen molar-refractivity contribution in [1.82, 2.24) is 0 Å². The molecule has 2 aliphatic rings. The number of hydrogen-bond acceptors (Lipinski definition) is 3. The second-order valence-corrected chi connectivity index (χ2v) is 10.7. The van der Waals surface area contributed by atoms with Gasteiger partial charge in [-0.1, -0.05) is 0 Å². The van der Waals surface area contributed by atoms with Crippen LogP contribution in [0.15, 0.2) is 54.6 Å². The molecule has 124 valence electrons. The number of benzene rings is 2. The van der Waals surface area contributed by atoms with Gasteiger partial charge in [0.25, 0.3) is 0 Å². The third-order valence-electron chi connectivity index (χ3n) is 4.08. The first-order valence-electron chi connectivity index (χ1n) is 7.80. The van der Waals surface area contributed by atoms with Crippen LogP contribution >= 0.6 is 23.4 Å². The number of carbonyl (C=O) groups is 1.